The van der Waals surface area contributed by atoms with Crippen LogP contribution in [0.4, 0.5) is 0 Å². The van der Waals surface area contributed by atoms with Crippen LogP contribution >= 0.6 is 0 Å². The molecule has 2 aromatic carbocycles. The Balaban J connectivity index is 0.000000550. The number of nitrogens with one attached hydrogen (secondary N) is 6. The number of ether oxygens (including phenoxy) is 2. The maximum atomic E-state index is 12.8. The Morgan fingerprint density at radius 1 is 0.527 bits per heavy atom. The van der Waals surface area contributed by atoms with Gasteiger partial charge in [-0.2, -0.15) is 0 Å². The first kappa shape index (κ1) is 47.2. The van der Waals surface area contributed by atoms with Crippen LogP contribution in [0.25, 0.3) is 0 Å². The third-order valence-corrected chi connectivity index (χ3v) is 7.92. The predicted molar refractivity (Wildman–Crippen MR) is 204 cm³/mol. The van der Waals surface area contributed by atoms with E-state index in [1.165, 1.54) is 21.2 Å². The van der Waals surface area contributed by atoms with Crippen molar-refractivity contribution >= 4 is 47.4 Å². The van der Waals surface area contributed by atoms with Crippen molar-refractivity contribution in [3.8, 4) is 0 Å². The third-order valence-electron chi connectivity index (χ3n) is 7.92. The summed E-state index contributed by atoms with van der Waals surface area (Å²) in [6, 6.07) is 15.1. The maximum absolute atomic E-state index is 12.8. The van der Waals surface area contributed by atoms with Crippen LogP contribution in [-0.4, -0.2) is 99.9 Å². The van der Waals surface area contributed by atoms with Gasteiger partial charge in [0, 0.05) is 26.9 Å². The molecular weight excluding hydrogens is 712 g/mol. The minimum absolute atomic E-state index is 0.0753. The average Bonchev–Trinajstić information content (AvgIpc) is 3.16. The Morgan fingerprint density at radius 2 is 0.927 bits per heavy atom. The largest absolute Gasteiger partial charge is 0.469 e. The quantitative estimate of drug-likeness (QED) is 0.0708. The molecule has 0 aliphatic heterocycles. The van der Waals surface area contributed by atoms with Gasteiger partial charge in [-0.1, -0.05) is 88.4 Å². The molecule has 0 aromatic heterocycles. The molecule has 0 spiro atoms. The number of amides is 6. The molecule has 0 radical (unpaired) electrons. The molecule has 0 aliphatic carbocycles. The molecule has 0 saturated heterocycles. The Hall–Kier alpha value is -5.80. The van der Waals surface area contributed by atoms with E-state index in [0.717, 1.165) is 18.2 Å². The second-order valence-electron chi connectivity index (χ2n) is 13.4. The van der Waals surface area contributed by atoms with Gasteiger partial charge in [0.1, 0.15) is 30.6 Å². The van der Waals surface area contributed by atoms with Gasteiger partial charge in [-0.15, -0.1) is 0 Å². The Kier molecular flexibility index (Phi) is 21.7. The summed E-state index contributed by atoms with van der Waals surface area (Å²) in [5, 5.41) is 15.4. The zero-order valence-corrected chi connectivity index (χ0v) is 32.9. The van der Waals surface area contributed by atoms with Crippen LogP contribution < -0.4 is 31.9 Å². The molecule has 0 saturated carbocycles. The molecule has 0 aliphatic rings. The highest BCUT2D eigenvalue weighted by molar-refractivity contribution is 6.32. The van der Waals surface area contributed by atoms with E-state index in [0.29, 0.717) is 25.7 Å². The molecule has 2 rings (SSSR count). The number of carbonyl (C=O) groups is 8. The molecule has 0 bridgehead atoms. The number of benzene rings is 2. The van der Waals surface area contributed by atoms with Crippen molar-refractivity contribution in [2.24, 2.45) is 11.8 Å². The number of hydrogen-bond donors (Lipinski definition) is 6. The number of hydrogen-bond acceptors (Lipinski definition) is 10. The van der Waals surface area contributed by atoms with E-state index in [1.807, 2.05) is 88.4 Å². The lowest BCUT2D eigenvalue weighted by atomic mass is 10.0. The Bertz CT molecular complexity index is 1570. The van der Waals surface area contributed by atoms with Crippen molar-refractivity contribution in [2.75, 3.05) is 28.3 Å². The molecule has 302 valence electrons. The number of methoxy groups -OCH3 is 2. The molecule has 0 unspecified atom stereocenters. The lowest BCUT2D eigenvalue weighted by molar-refractivity contribution is -0.153. The van der Waals surface area contributed by atoms with E-state index < -0.39 is 66.2 Å². The molecular formula is C39H56N6O10. The van der Waals surface area contributed by atoms with Crippen molar-refractivity contribution < 1.29 is 47.8 Å². The first-order valence-electron chi connectivity index (χ1n) is 17.9. The van der Waals surface area contributed by atoms with E-state index in [1.54, 1.807) is 0 Å². The molecule has 55 heavy (non-hydrogen) atoms. The maximum Gasteiger partial charge on any atom is 0.396 e. The van der Waals surface area contributed by atoms with Crippen molar-refractivity contribution in [2.45, 2.75) is 84.0 Å². The zero-order valence-electron chi connectivity index (χ0n) is 32.9. The summed E-state index contributed by atoms with van der Waals surface area (Å²) >= 11 is 0. The fourth-order valence-corrected chi connectivity index (χ4v) is 5.18. The lowest BCUT2D eigenvalue weighted by Crippen LogP contribution is -2.55. The van der Waals surface area contributed by atoms with Gasteiger partial charge in [-0.3, -0.25) is 33.6 Å². The van der Waals surface area contributed by atoms with Crippen molar-refractivity contribution in [3.05, 3.63) is 71.8 Å². The van der Waals surface area contributed by atoms with E-state index >= 15 is 0 Å². The number of likely N-dealkylation sites (N-methyl/N-ethyl adjacent to an activating group) is 2. The number of esters is 2. The van der Waals surface area contributed by atoms with Crippen LogP contribution in [-0.2, 0) is 60.7 Å². The zero-order chi connectivity index (χ0) is 41.5. The molecule has 0 heterocycles. The summed E-state index contributed by atoms with van der Waals surface area (Å²) in [5.41, 5.74) is 1.77. The van der Waals surface area contributed by atoms with Crippen LogP contribution in [0.2, 0.25) is 0 Å². The van der Waals surface area contributed by atoms with Crippen molar-refractivity contribution in [1.29, 1.82) is 0 Å². The fourth-order valence-electron chi connectivity index (χ4n) is 5.18. The van der Waals surface area contributed by atoms with Crippen molar-refractivity contribution in [1.82, 2.24) is 31.9 Å². The summed E-state index contributed by atoms with van der Waals surface area (Å²) in [7, 11) is 5.25. The summed E-state index contributed by atoms with van der Waals surface area (Å²) in [6.07, 6.45) is 0.814. The highest BCUT2D eigenvalue weighted by Gasteiger charge is 2.30. The van der Waals surface area contributed by atoms with E-state index in [-0.39, 0.29) is 23.7 Å². The van der Waals surface area contributed by atoms with Gasteiger partial charge < -0.3 is 41.4 Å². The second-order valence-corrected chi connectivity index (χ2v) is 13.4. The average molecular weight is 769 g/mol. The smallest absolute Gasteiger partial charge is 0.396 e. The fraction of sp³-hybridized carbons (Fsp3) is 0.487. The number of carbonyl (C=O) groups excluding carboxylic acids is 8. The minimum atomic E-state index is -1.08. The topological polar surface area (TPSA) is 227 Å². The van der Waals surface area contributed by atoms with Crippen LogP contribution in [0.5, 0.6) is 0 Å². The molecule has 6 amide bonds. The molecule has 16 nitrogen and oxygen atoms in total. The van der Waals surface area contributed by atoms with Crippen LogP contribution in [0.1, 0.15) is 58.1 Å². The number of rotatable bonds is 18. The first-order valence-corrected chi connectivity index (χ1v) is 17.9. The normalized spacial score (nSPS) is 12.6. The minimum Gasteiger partial charge on any atom is -0.469 e. The third kappa shape index (κ3) is 18.7. The summed E-state index contributed by atoms with van der Waals surface area (Å²) in [4.78, 5) is 96.3. The van der Waals surface area contributed by atoms with E-state index in [9.17, 15) is 38.4 Å². The van der Waals surface area contributed by atoms with Gasteiger partial charge in [0.05, 0.1) is 14.2 Å². The van der Waals surface area contributed by atoms with Gasteiger partial charge in [0.15, 0.2) is 0 Å². The SMILES string of the molecule is CNC(=O)[C@H](Cc1ccccc1)NC(=O)[C@H](CC(C)C)NC(=O)C(=O)OC.CNC(=O)[C@H](Cc1ccccc1)NC(=O)[C@H](CC(C)C)NC(=O)CC(=O)OC. The molecule has 16 heteroatoms. The second kappa shape index (κ2) is 25.3. The van der Waals surface area contributed by atoms with Gasteiger partial charge >= 0.3 is 17.8 Å². The standard InChI is InChI=1S/C20H29N3O5.C19H27N3O5/c1-13(2)10-15(22-17(24)12-18(25)28-4)20(27)23-16(19(26)21-3)11-14-8-6-5-7-9-14;1-12(2)10-14(22-18(25)19(26)27-4)17(24)21-15(16(23)20-3)11-13-8-6-5-7-9-13/h5-9,13,15-16H,10-12H2,1-4H3,(H,21,26)(H,22,24)(H,23,27);5-9,12,14-15H,10-11H2,1-4H3,(H,20,23)(H,21,24)(H,22,25)/t15-,16-;14-,15-/m00/s1. The molecule has 0 fully saturated rings. The Labute approximate surface area is 322 Å². The molecule has 4 atom stereocenters. The monoisotopic (exact) mass is 768 g/mol. The van der Waals surface area contributed by atoms with Gasteiger partial charge in [0.25, 0.3) is 0 Å². The molecule has 2 aromatic rings. The summed E-state index contributed by atoms with van der Waals surface area (Å²) in [5.74, 6) is -4.88. The highest BCUT2D eigenvalue weighted by Crippen LogP contribution is 2.10. The lowest BCUT2D eigenvalue weighted by Gasteiger charge is -2.24. The van der Waals surface area contributed by atoms with Gasteiger partial charge in [-0.25, -0.2) is 4.79 Å². The van der Waals surface area contributed by atoms with E-state index in [4.69, 9.17) is 0 Å². The summed E-state index contributed by atoms with van der Waals surface area (Å²) < 4.78 is 8.83. The summed E-state index contributed by atoms with van der Waals surface area (Å²) in [6.45, 7) is 7.58. The predicted octanol–water partition coefficient (Wildman–Crippen LogP) is 0.718. The van der Waals surface area contributed by atoms with Crippen LogP contribution in [0, 0.1) is 11.8 Å². The van der Waals surface area contributed by atoms with Crippen LogP contribution in [0.15, 0.2) is 60.7 Å². The molecule has 6 N–H and O–H groups in total. The van der Waals surface area contributed by atoms with Crippen LogP contribution in [0.3, 0.4) is 0 Å². The first-order chi connectivity index (χ1) is 26.0. The van der Waals surface area contributed by atoms with Gasteiger partial charge in [0.2, 0.25) is 29.5 Å². The van der Waals surface area contributed by atoms with Crippen molar-refractivity contribution in [3.63, 3.8) is 0 Å². The van der Waals surface area contributed by atoms with Gasteiger partial charge in [-0.05, 0) is 35.8 Å². The highest BCUT2D eigenvalue weighted by atomic mass is 16.5. The Morgan fingerprint density at radius 3 is 1.27 bits per heavy atom. The van der Waals surface area contributed by atoms with E-state index in [2.05, 4.69) is 41.4 Å².